The Morgan fingerprint density at radius 2 is 0.495 bits per heavy atom. The zero-order valence-corrected chi connectivity index (χ0v) is 62.5. The number of esters is 4. The van der Waals surface area contributed by atoms with E-state index in [1.54, 1.807) is 0 Å². The maximum Gasteiger partial charge on any atom is 0.472 e. The molecule has 0 aliphatic carbocycles. The van der Waals surface area contributed by atoms with Crippen molar-refractivity contribution >= 4 is 39.5 Å². The van der Waals surface area contributed by atoms with Gasteiger partial charge in [0, 0.05) is 25.7 Å². The highest BCUT2D eigenvalue weighted by atomic mass is 31.2. The molecule has 0 amide bonds. The fourth-order valence-electron chi connectivity index (χ4n) is 11.2. The van der Waals surface area contributed by atoms with Gasteiger partial charge in [0.05, 0.1) is 26.4 Å². The van der Waals surface area contributed by atoms with E-state index in [-0.39, 0.29) is 25.7 Å². The molecule has 0 spiro atoms. The summed E-state index contributed by atoms with van der Waals surface area (Å²) in [6, 6.07) is 0. The number of ether oxygens (including phenoxy) is 4. The molecule has 0 aliphatic heterocycles. The second-order valence-corrected chi connectivity index (χ2v) is 31.0. The number of phosphoric ester groups is 2. The molecule has 17 nitrogen and oxygen atoms in total. The van der Waals surface area contributed by atoms with Crippen LogP contribution in [0.15, 0.2) is 0 Å². The Kier molecular flexibility index (Phi) is 63.4. The third-order valence-electron chi connectivity index (χ3n) is 17.1. The van der Waals surface area contributed by atoms with Gasteiger partial charge in [0.1, 0.15) is 19.3 Å². The number of phosphoric acid groups is 2. The SMILES string of the molecule is CCCCCCCCCCCCCC(=O)OC[C@H](COP(=O)(O)OC[C@H](O)COP(=O)(O)OC[C@@H](COC(=O)CCCCCCCCCCCCCC(C)C)OC(=O)CCCCCCCCCCCCCCC(C)C)OC(=O)CCCCCCCCCCCCC(C)C. The molecule has 0 saturated heterocycles. The van der Waals surface area contributed by atoms with Crippen molar-refractivity contribution in [2.24, 2.45) is 17.8 Å². The molecule has 0 aliphatic rings. The molecule has 5 atom stereocenters. The van der Waals surface area contributed by atoms with Crippen molar-refractivity contribution in [2.75, 3.05) is 39.6 Å². The van der Waals surface area contributed by atoms with E-state index in [2.05, 4.69) is 48.5 Å². The Morgan fingerprint density at radius 1 is 0.290 bits per heavy atom. The molecule has 0 saturated carbocycles. The number of aliphatic hydroxyl groups is 1. The number of unbranched alkanes of at least 4 members (excludes halogenated alkanes) is 40. The first-order chi connectivity index (χ1) is 44.7. The van der Waals surface area contributed by atoms with Crippen LogP contribution in [-0.4, -0.2) is 96.7 Å². The Bertz CT molecular complexity index is 1820. The number of hydrogen-bond donors (Lipinski definition) is 3. The predicted octanol–water partition coefficient (Wildman–Crippen LogP) is 21.4. The first kappa shape index (κ1) is 91.1. The summed E-state index contributed by atoms with van der Waals surface area (Å²) in [6.07, 6.45) is 49.8. The summed E-state index contributed by atoms with van der Waals surface area (Å²) in [5.41, 5.74) is 0. The second kappa shape index (κ2) is 64.7. The Labute approximate surface area is 568 Å². The lowest BCUT2D eigenvalue weighted by Crippen LogP contribution is -2.30. The zero-order valence-electron chi connectivity index (χ0n) is 60.7. The van der Waals surface area contributed by atoms with Gasteiger partial charge < -0.3 is 33.8 Å². The van der Waals surface area contributed by atoms with Gasteiger partial charge in [0.2, 0.25) is 0 Å². The molecule has 0 aromatic carbocycles. The Hall–Kier alpha value is -1.94. The van der Waals surface area contributed by atoms with E-state index in [4.69, 9.17) is 37.0 Å². The Morgan fingerprint density at radius 3 is 0.731 bits per heavy atom. The van der Waals surface area contributed by atoms with Crippen LogP contribution in [0.2, 0.25) is 0 Å². The summed E-state index contributed by atoms with van der Waals surface area (Å²) in [5.74, 6) is 0.181. The predicted molar refractivity (Wildman–Crippen MR) is 377 cm³/mol. The van der Waals surface area contributed by atoms with Crippen LogP contribution in [0.4, 0.5) is 0 Å². The van der Waals surface area contributed by atoms with E-state index in [1.165, 1.54) is 186 Å². The standard InChI is InChI=1S/C74H144O17P2/c1-8-9-10-11-12-13-17-27-34-41-48-55-71(76)84-61-70(91-74(79)58-51-44-37-30-23-22-26-33-40-47-54-67(6)7)64-89-93(82,83)87-60-68(75)59-86-92(80,81)88-63-69(62-85-72(77)56-49-42-35-28-21-16-19-25-32-39-46-53-66(4)5)90-73(78)57-50-43-36-29-20-15-14-18-24-31-38-45-52-65(2)3/h65-70,75H,8-64H2,1-7H3,(H,80,81)(H,82,83)/t68-,69-,70-/m1/s1. The largest absolute Gasteiger partial charge is 0.472 e. The zero-order chi connectivity index (χ0) is 68.7. The third-order valence-corrected chi connectivity index (χ3v) is 19.0. The molecular formula is C74H144O17P2. The molecule has 0 fully saturated rings. The van der Waals surface area contributed by atoms with Crippen LogP contribution in [0.1, 0.15) is 376 Å². The molecule has 19 heteroatoms. The van der Waals surface area contributed by atoms with Crippen molar-refractivity contribution < 1.29 is 80.2 Å². The lowest BCUT2D eigenvalue weighted by molar-refractivity contribution is -0.161. The van der Waals surface area contributed by atoms with Gasteiger partial charge in [-0.1, -0.05) is 325 Å². The molecule has 0 aromatic heterocycles. The molecule has 0 rings (SSSR count). The van der Waals surface area contributed by atoms with Crippen molar-refractivity contribution in [3.05, 3.63) is 0 Å². The van der Waals surface area contributed by atoms with E-state index in [9.17, 15) is 43.2 Å². The van der Waals surface area contributed by atoms with E-state index < -0.39 is 97.5 Å². The van der Waals surface area contributed by atoms with Crippen LogP contribution in [-0.2, 0) is 65.4 Å². The fourth-order valence-corrected chi connectivity index (χ4v) is 12.8. The maximum atomic E-state index is 13.1. The fraction of sp³-hybridized carbons (Fsp3) is 0.946. The quantitative estimate of drug-likeness (QED) is 0.0222. The van der Waals surface area contributed by atoms with Crippen LogP contribution in [0.5, 0.6) is 0 Å². The van der Waals surface area contributed by atoms with Gasteiger partial charge in [0.25, 0.3) is 0 Å². The monoisotopic (exact) mass is 1370 g/mol. The first-order valence-corrected chi connectivity index (χ1v) is 41.3. The highest BCUT2D eigenvalue weighted by molar-refractivity contribution is 7.47. The number of rotatable bonds is 72. The minimum Gasteiger partial charge on any atom is -0.462 e. The van der Waals surface area contributed by atoms with Crippen molar-refractivity contribution in [1.29, 1.82) is 0 Å². The van der Waals surface area contributed by atoms with Gasteiger partial charge in [-0.2, -0.15) is 0 Å². The molecule has 0 radical (unpaired) electrons. The van der Waals surface area contributed by atoms with Crippen LogP contribution >= 0.6 is 15.6 Å². The van der Waals surface area contributed by atoms with Crippen molar-refractivity contribution in [3.63, 3.8) is 0 Å². The molecule has 2 unspecified atom stereocenters. The third kappa shape index (κ3) is 68.4. The summed E-state index contributed by atoms with van der Waals surface area (Å²) < 4.78 is 68.5. The van der Waals surface area contributed by atoms with E-state index in [0.717, 1.165) is 108 Å². The van der Waals surface area contributed by atoms with Gasteiger partial charge in [-0.3, -0.25) is 37.3 Å². The second-order valence-electron chi connectivity index (χ2n) is 28.1. The van der Waals surface area contributed by atoms with Gasteiger partial charge in [-0.05, 0) is 43.4 Å². The van der Waals surface area contributed by atoms with Gasteiger partial charge in [-0.15, -0.1) is 0 Å². The minimum absolute atomic E-state index is 0.106. The van der Waals surface area contributed by atoms with E-state index >= 15 is 0 Å². The molecule has 0 heterocycles. The molecule has 552 valence electrons. The Balaban J connectivity index is 5.27. The molecule has 3 N–H and O–H groups in total. The number of aliphatic hydroxyl groups excluding tert-OH is 1. The summed E-state index contributed by atoms with van der Waals surface area (Å²) in [7, 11) is -9.91. The molecular weight excluding hydrogens is 1220 g/mol. The lowest BCUT2D eigenvalue weighted by Gasteiger charge is -2.21. The summed E-state index contributed by atoms with van der Waals surface area (Å²) >= 11 is 0. The van der Waals surface area contributed by atoms with Gasteiger partial charge in [0.15, 0.2) is 12.2 Å². The molecule has 0 bridgehead atoms. The average molecular weight is 1370 g/mol. The normalized spacial score (nSPS) is 14.1. The van der Waals surface area contributed by atoms with Crippen LogP contribution < -0.4 is 0 Å². The van der Waals surface area contributed by atoms with Crippen LogP contribution in [0, 0.1) is 17.8 Å². The smallest absolute Gasteiger partial charge is 0.462 e. The number of carbonyl (C=O) groups is 4. The summed E-state index contributed by atoms with van der Waals surface area (Å²) in [4.78, 5) is 72.7. The van der Waals surface area contributed by atoms with Crippen LogP contribution in [0.3, 0.4) is 0 Å². The van der Waals surface area contributed by atoms with Crippen LogP contribution in [0.25, 0.3) is 0 Å². The van der Waals surface area contributed by atoms with Crippen molar-refractivity contribution in [3.8, 4) is 0 Å². The topological polar surface area (TPSA) is 237 Å². The van der Waals surface area contributed by atoms with Crippen molar-refractivity contribution in [2.45, 2.75) is 394 Å². The molecule has 93 heavy (non-hydrogen) atoms. The molecule has 0 aromatic rings. The van der Waals surface area contributed by atoms with E-state index in [1.807, 2.05) is 0 Å². The summed E-state index contributed by atoms with van der Waals surface area (Å²) in [6.45, 7) is 11.9. The van der Waals surface area contributed by atoms with E-state index in [0.29, 0.717) is 25.7 Å². The van der Waals surface area contributed by atoms with Crippen molar-refractivity contribution in [1.82, 2.24) is 0 Å². The lowest BCUT2D eigenvalue weighted by atomic mass is 10.0. The number of hydrogen-bond acceptors (Lipinski definition) is 15. The average Bonchev–Trinajstić information content (AvgIpc) is 1.65. The highest BCUT2D eigenvalue weighted by Crippen LogP contribution is 2.45. The highest BCUT2D eigenvalue weighted by Gasteiger charge is 2.30. The van der Waals surface area contributed by atoms with Gasteiger partial charge >= 0.3 is 39.5 Å². The maximum absolute atomic E-state index is 13.1. The summed E-state index contributed by atoms with van der Waals surface area (Å²) in [5, 5.41) is 10.6. The van der Waals surface area contributed by atoms with Gasteiger partial charge in [-0.25, -0.2) is 9.13 Å². The first-order valence-electron chi connectivity index (χ1n) is 38.3. The number of carbonyl (C=O) groups excluding carboxylic acids is 4. The minimum atomic E-state index is -4.96.